The summed E-state index contributed by atoms with van der Waals surface area (Å²) in [6.45, 7) is 0.961. The molecule has 0 unspecified atom stereocenters. The van der Waals surface area contributed by atoms with Gasteiger partial charge in [0, 0.05) is 35.0 Å². The third-order valence-corrected chi connectivity index (χ3v) is 3.95. The number of aliphatic hydroxyl groups excluding tert-OH is 1. The van der Waals surface area contributed by atoms with Gasteiger partial charge in [0.2, 0.25) is 0 Å². The van der Waals surface area contributed by atoms with Crippen LogP contribution in [-0.2, 0) is 6.54 Å². The second-order valence-corrected chi connectivity index (χ2v) is 5.63. The first-order chi connectivity index (χ1) is 10.2. The van der Waals surface area contributed by atoms with Crippen molar-refractivity contribution in [3.63, 3.8) is 0 Å². The molecule has 0 amide bonds. The predicted molar refractivity (Wildman–Crippen MR) is 88.0 cm³/mol. The van der Waals surface area contributed by atoms with Crippen molar-refractivity contribution in [1.82, 2.24) is 0 Å². The van der Waals surface area contributed by atoms with Crippen LogP contribution in [0.4, 0.5) is 5.69 Å². The third kappa shape index (κ3) is 4.52. The minimum Gasteiger partial charge on any atom is -0.497 e. The van der Waals surface area contributed by atoms with E-state index in [0.717, 1.165) is 23.5 Å². The molecule has 2 aromatic rings. The summed E-state index contributed by atoms with van der Waals surface area (Å²) in [6.07, 6.45) is 0.525. The number of hydrogen-bond acceptors (Lipinski definition) is 4. The number of ether oxygens (including phenoxy) is 1. The van der Waals surface area contributed by atoms with E-state index in [0.29, 0.717) is 6.42 Å². The fourth-order valence-corrected chi connectivity index (χ4v) is 2.78. The minimum atomic E-state index is 0.115. The highest BCUT2D eigenvalue weighted by atomic mass is 32.1. The minimum absolute atomic E-state index is 0.115. The Morgan fingerprint density at radius 1 is 1.29 bits per heavy atom. The van der Waals surface area contributed by atoms with Crippen molar-refractivity contribution < 1.29 is 9.84 Å². The molecule has 0 bridgehead atoms. The standard InChI is InChI=1S/C17H19NO2S/c1-18(15-6-8-16(20-2)9-7-15)12-17-11-14(13-21-17)5-3-4-10-19/h6-9,11,13,19H,4,10,12H2,1-2H3. The molecule has 0 radical (unpaired) electrons. The molecule has 0 aliphatic heterocycles. The fraction of sp³-hybridized carbons (Fsp3) is 0.294. The normalized spacial score (nSPS) is 9.86. The largest absolute Gasteiger partial charge is 0.497 e. The van der Waals surface area contributed by atoms with Gasteiger partial charge in [-0.3, -0.25) is 0 Å². The quantitative estimate of drug-likeness (QED) is 0.861. The van der Waals surface area contributed by atoms with Crippen LogP contribution in [0, 0.1) is 11.8 Å². The van der Waals surface area contributed by atoms with E-state index in [-0.39, 0.29) is 6.61 Å². The number of rotatable bonds is 5. The molecular weight excluding hydrogens is 282 g/mol. The van der Waals surface area contributed by atoms with Crippen LogP contribution in [0.2, 0.25) is 0 Å². The van der Waals surface area contributed by atoms with Crippen LogP contribution in [0.1, 0.15) is 16.9 Å². The average Bonchev–Trinajstić information content (AvgIpc) is 2.95. The SMILES string of the molecule is COc1ccc(N(C)Cc2cc(C#CCCO)cs2)cc1. The summed E-state index contributed by atoms with van der Waals surface area (Å²) < 4.78 is 5.17. The number of nitrogens with zero attached hydrogens (tertiary/aromatic N) is 1. The topological polar surface area (TPSA) is 32.7 Å². The molecule has 2 rings (SSSR count). The molecule has 3 nitrogen and oxygen atoms in total. The lowest BCUT2D eigenvalue weighted by Crippen LogP contribution is -2.15. The Hall–Kier alpha value is -1.96. The van der Waals surface area contributed by atoms with Crippen LogP contribution in [0.5, 0.6) is 5.75 Å². The zero-order valence-corrected chi connectivity index (χ0v) is 13.1. The van der Waals surface area contributed by atoms with E-state index in [1.165, 1.54) is 4.88 Å². The first kappa shape index (κ1) is 15.4. The van der Waals surface area contributed by atoms with Crippen molar-refractivity contribution in [2.45, 2.75) is 13.0 Å². The molecule has 0 spiro atoms. The van der Waals surface area contributed by atoms with Gasteiger partial charge in [-0.1, -0.05) is 11.8 Å². The van der Waals surface area contributed by atoms with Crippen LogP contribution in [0.15, 0.2) is 35.7 Å². The second-order valence-electron chi connectivity index (χ2n) is 4.63. The lowest BCUT2D eigenvalue weighted by Gasteiger charge is -2.18. The molecule has 0 aliphatic carbocycles. The van der Waals surface area contributed by atoms with E-state index < -0.39 is 0 Å². The molecule has 4 heteroatoms. The molecular formula is C17H19NO2S. The fourth-order valence-electron chi connectivity index (χ4n) is 1.91. The lowest BCUT2D eigenvalue weighted by molar-refractivity contribution is 0.305. The van der Waals surface area contributed by atoms with E-state index in [9.17, 15) is 0 Å². The molecule has 110 valence electrons. The number of benzene rings is 1. The van der Waals surface area contributed by atoms with Crippen LogP contribution in [0.3, 0.4) is 0 Å². The van der Waals surface area contributed by atoms with Crippen LogP contribution in [0.25, 0.3) is 0 Å². The maximum atomic E-state index is 8.72. The highest BCUT2D eigenvalue weighted by Crippen LogP contribution is 2.22. The van der Waals surface area contributed by atoms with Crippen molar-refractivity contribution >= 4 is 17.0 Å². The van der Waals surface area contributed by atoms with Gasteiger partial charge in [0.25, 0.3) is 0 Å². The molecule has 1 N–H and O–H groups in total. The van der Waals surface area contributed by atoms with Gasteiger partial charge in [0.1, 0.15) is 5.75 Å². The Kier molecular flexibility index (Phi) is 5.68. The molecule has 1 heterocycles. The van der Waals surface area contributed by atoms with Crippen LogP contribution >= 0.6 is 11.3 Å². The molecule has 0 atom stereocenters. The summed E-state index contributed by atoms with van der Waals surface area (Å²) in [5, 5.41) is 10.8. The second kappa shape index (κ2) is 7.72. The number of hydrogen-bond donors (Lipinski definition) is 1. The summed E-state index contributed by atoms with van der Waals surface area (Å²) in [4.78, 5) is 3.46. The van der Waals surface area contributed by atoms with E-state index in [1.54, 1.807) is 18.4 Å². The molecule has 0 aliphatic rings. The van der Waals surface area contributed by atoms with E-state index in [2.05, 4.69) is 47.4 Å². The van der Waals surface area contributed by atoms with E-state index >= 15 is 0 Å². The molecule has 1 aromatic heterocycles. The lowest BCUT2D eigenvalue weighted by atomic mass is 10.2. The van der Waals surface area contributed by atoms with Gasteiger partial charge in [-0.15, -0.1) is 11.3 Å². The van der Waals surface area contributed by atoms with Gasteiger partial charge < -0.3 is 14.7 Å². The van der Waals surface area contributed by atoms with Gasteiger partial charge in [-0.2, -0.15) is 0 Å². The van der Waals surface area contributed by atoms with Crippen molar-refractivity contribution in [3.05, 3.63) is 46.2 Å². The van der Waals surface area contributed by atoms with E-state index in [1.807, 2.05) is 12.1 Å². The monoisotopic (exact) mass is 301 g/mol. The Labute approximate surface area is 129 Å². The maximum absolute atomic E-state index is 8.72. The number of thiophene rings is 1. The maximum Gasteiger partial charge on any atom is 0.119 e. The number of aliphatic hydroxyl groups is 1. The molecule has 21 heavy (non-hydrogen) atoms. The Balaban J connectivity index is 1.99. The highest BCUT2D eigenvalue weighted by Gasteiger charge is 2.04. The summed E-state index contributed by atoms with van der Waals surface area (Å²) >= 11 is 1.71. The van der Waals surface area contributed by atoms with Crippen molar-refractivity contribution in [2.75, 3.05) is 25.7 Å². The number of methoxy groups -OCH3 is 1. The summed E-state index contributed by atoms with van der Waals surface area (Å²) in [5.74, 6) is 6.87. The number of anilines is 1. The van der Waals surface area contributed by atoms with Crippen molar-refractivity contribution in [3.8, 4) is 17.6 Å². The van der Waals surface area contributed by atoms with Gasteiger partial charge in [-0.25, -0.2) is 0 Å². The van der Waals surface area contributed by atoms with Crippen molar-refractivity contribution in [2.24, 2.45) is 0 Å². The zero-order valence-electron chi connectivity index (χ0n) is 12.3. The van der Waals surface area contributed by atoms with E-state index in [4.69, 9.17) is 9.84 Å². The van der Waals surface area contributed by atoms with Crippen LogP contribution < -0.4 is 9.64 Å². The predicted octanol–water partition coefficient (Wildman–Crippen LogP) is 3.13. The Bertz CT molecular complexity index is 622. The van der Waals surface area contributed by atoms with Crippen LogP contribution in [-0.4, -0.2) is 25.9 Å². The summed E-state index contributed by atoms with van der Waals surface area (Å²) in [6, 6.07) is 10.1. The smallest absolute Gasteiger partial charge is 0.119 e. The van der Waals surface area contributed by atoms with Gasteiger partial charge >= 0.3 is 0 Å². The third-order valence-electron chi connectivity index (χ3n) is 3.03. The Morgan fingerprint density at radius 2 is 2.05 bits per heavy atom. The molecule has 1 aromatic carbocycles. The van der Waals surface area contributed by atoms with Gasteiger partial charge in [0.15, 0.2) is 0 Å². The Morgan fingerprint density at radius 3 is 2.71 bits per heavy atom. The molecule has 0 fully saturated rings. The van der Waals surface area contributed by atoms with Crippen molar-refractivity contribution in [1.29, 1.82) is 0 Å². The molecule has 0 saturated heterocycles. The average molecular weight is 301 g/mol. The van der Waals surface area contributed by atoms with Gasteiger partial charge in [0.05, 0.1) is 20.3 Å². The first-order valence-corrected chi connectivity index (χ1v) is 7.63. The highest BCUT2D eigenvalue weighted by molar-refractivity contribution is 7.10. The zero-order chi connectivity index (χ0) is 15.1. The molecule has 0 saturated carbocycles. The first-order valence-electron chi connectivity index (χ1n) is 6.75. The summed E-state index contributed by atoms with van der Waals surface area (Å²) in [7, 11) is 3.74. The van der Waals surface area contributed by atoms with Gasteiger partial charge in [-0.05, 0) is 30.3 Å². The summed E-state index contributed by atoms with van der Waals surface area (Å²) in [5.41, 5.74) is 2.17.